The molecule has 0 spiro atoms. The van der Waals surface area contributed by atoms with Crippen LogP contribution in [0.3, 0.4) is 0 Å². The van der Waals surface area contributed by atoms with Gasteiger partial charge in [0.05, 0.1) is 6.04 Å². The molecule has 2 N–H and O–H groups in total. The largest absolute Gasteiger partial charge is 0.320 e. The predicted octanol–water partition coefficient (Wildman–Crippen LogP) is 3.75. The third-order valence-electron chi connectivity index (χ3n) is 3.94. The van der Waals surface area contributed by atoms with Crippen molar-refractivity contribution in [2.45, 2.75) is 31.7 Å². The van der Waals surface area contributed by atoms with E-state index in [0.29, 0.717) is 0 Å². The van der Waals surface area contributed by atoms with Crippen LogP contribution in [0.2, 0.25) is 0 Å². The number of nitrogens with two attached hydrogens (primary N) is 1. The lowest BCUT2D eigenvalue weighted by Gasteiger charge is -2.19. The Morgan fingerprint density at radius 1 is 0.895 bits per heavy atom. The molecule has 0 radical (unpaired) electrons. The Labute approximate surface area is 113 Å². The molecule has 19 heavy (non-hydrogen) atoms. The van der Waals surface area contributed by atoms with Crippen molar-refractivity contribution in [1.29, 1.82) is 0 Å². The van der Waals surface area contributed by atoms with E-state index in [1.807, 2.05) is 6.07 Å². The van der Waals surface area contributed by atoms with Gasteiger partial charge in [-0.2, -0.15) is 0 Å². The van der Waals surface area contributed by atoms with Gasteiger partial charge >= 0.3 is 0 Å². The van der Waals surface area contributed by atoms with Crippen molar-refractivity contribution in [3.05, 3.63) is 70.5 Å². The first-order valence-corrected chi connectivity index (χ1v) is 6.87. The van der Waals surface area contributed by atoms with Gasteiger partial charge in [-0.15, -0.1) is 0 Å². The molecule has 3 rings (SSSR count). The molecule has 0 saturated carbocycles. The van der Waals surface area contributed by atoms with Gasteiger partial charge in [-0.05, 0) is 60.1 Å². The predicted molar refractivity (Wildman–Crippen MR) is 75.5 cm³/mol. The maximum atomic E-state index is 13.3. The zero-order chi connectivity index (χ0) is 13.2. The number of hydrogen-bond acceptors (Lipinski definition) is 1. The summed E-state index contributed by atoms with van der Waals surface area (Å²) in [7, 11) is 0. The van der Waals surface area contributed by atoms with E-state index in [9.17, 15) is 4.39 Å². The number of aryl methyl sites for hydroxylation is 2. The Morgan fingerprint density at radius 2 is 1.63 bits per heavy atom. The van der Waals surface area contributed by atoms with E-state index in [2.05, 4.69) is 18.2 Å². The molecule has 1 unspecified atom stereocenters. The number of fused-ring (bicyclic) bond motifs is 1. The second-order valence-electron chi connectivity index (χ2n) is 5.27. The van der Waals surface area contributed by atoms with Crippen molar-refractivity contribution in [3.63, 3.8) is 0 Å². The second kappa shape index (κ2) is 5.14. The van der Waals surface area contributed by atoms with Gasteiger partial charge in [0, 0.05) is 0 Å². The molecular formula is C17H18FN. The summed E-state index contributed by atoms with van der Waals surface area (Å²) in [6.07, 6.45) is 4.85. The molecule has 1 aliphatic rings. The van der Waals surface area contributed by atoms with Gasteiger partial charge in [0.25, 0.3) is 0 Å². The summed E-state index contributed by atoms with van der Waals surface area (Å²) in [5.74, 6) is -0.231. The Kier molecular flexibility index (Phi) is 3.34. The Morgan fingerprint density at radius 3 is 2.42 bits per heavy atom. The maximum absolute atomic E-state index is 13.3. The van der Waals surface area contributed by atoms with Crippen LogP contribution in [0.15, 0.2) is 42.5 Å². The monoisotopic (exact) mass is 255 g/mol. The summed E-state index contributed by atoms with van der Waals surface area (Å²) < 4.78 is 13.3. The smallest absolute Gasteiger partial charge is 0.123 e. The van der Waals surface area contributed by atoms with Crippen LogP contribution in [0.25, 0.3) is 0 Å². The topological polar surface area (TPSA) is 26.0 Å². The van der Waals surface area contributed by atoms with Crippen LogP contribution in [0, 0.1) is 5.82 Å². The minimum absolute atomic E-state index is 0.231. The van der Waals surface area contributed by atoms with Gasteiger partial charge in [-0.3, -0.25) is 0 Å². The lowest BCUT2D eigenvalue weighted by molar-refractivity contribution is 0.623. The molecular weight excluding hydrogens is 237 g/mol. The standard InChI is InChI=1S/C17H18FN/c18-16-7-3-6-14(11-16)17(19)15-9-8-12-4-1-2-5-13(12)10-15/h3,6-11,17H,1-2,4-5,19H2. The van der Waals surface area contributed by atoms with Crippen LogP contribution >= 0.6 is 0 Å². The van der Waals surface area contributed by atoms with E-state index in [4.69, 9.17) is 5.73 Å². The third-order valence-corrected chi connectivity index (χ3v) is 3.94. The van der Waals surface area contributed by atoms with Crippen molar-refractivity contribution in [2.24, 2.45) is 5.73 Å². The molecule has 1 nitrogen and oxygen atoms in total. The van der Waals surface area contributed by atoms with Gasteiger partial charge in [0.1, 0.15) is 5.82 Å². The molecule has 2 aromatic rings. The van der Waals surface area contributed by atoms with Gasteiger partial charge in [0.15, 0.2) is 0 Å². The van der Waals surface area contributed by atoms with Crippen molar-refractivity contribution in [1.82, 2.24) is 0 Å². The van der Waals surface area contributed by atoms with Crippen LogP contribution in [-0.4, -0.2) is 0 Å². The van der Waals surface area contributed by atoms with E-state index in [1.54, 1.807) is 6.07 Å². The summed E-state index contributed by atoms with van der Waals surface area (Å²) in [4.78, 5) is 0. The Bertz CT molecular complexity index is 592. The van der Waals surface area contributed by atoms with Crippen molar-refractivity contribution >= 4 is 0 Å². The SMILES string of the molecule is NC(c1cccc(F)c1)c1ccc2c(c1)CCCC2. The molecule has 0 aromatic heterocycles. The van der Waals surface area contributed by atoms with E-state index >= 15 is 0 Å². The van der Waals surface area contributed by atoms with Gasteiger partial charge in [-0.1, -0.05) is 30.3 Å². The summed E-state index contributed by atoms with van der Waals surface area (Å²) >= 11 is 0. The molecule has 0 amide bonds. The molecule has 0 aliphatic heterocycles. The number of halogens is 1. The highest BCUT2D eigenvalue weighted by molar-refractivity contribution is 5.39. The lowest BCUT2D eigenvalue weighted by Crippen LogP contribution is -2.13. The lowest BCUT2D eigenvalue weighted by atomic mass is 9.88. The maximum Gasteiger partial charge on any atom is 0.123 e. The quantitative estimate of drug-likeness (QED) is 0.869. The number of rotatable bonds is 2. The molecule has 0 fully saturated rings. The molecule has 0 heterocycles. The van der Waals surface area contributed by atoms with E-state index < -0.39 is 0 Å². The average Bonchev–Trinajstić information content (AvgIpc) is 2.46. The summed E-state index contributed by atoms with van der Waals surface area (Å²) in [5.41, 5.74) is 11.0. The highest BCUT2D eigenvalue weighted by atomic mass is 19.1. The minimum Gasteiger partial charge on any atom is -0.320 e. The highest BCUT2D eigenvalue weighted by Crippen LogP contribution is 2.26. The Hall–Kier alpha value is -1.67. The van der Waals surface area contributed by atoms with Crippen molar-refractivity contribution in [3.8, 4) is 0 Å². The summed E-state index contributed by atoms with van der Waals surface area (Å²) in [6.45, 7) is 0. The fourth-order valence-electron chi connectivity index (χ4n) is 2.84. The second-order valence-corrected chi connectivity index (χ2v) is 5.27. The van der Waals surface area contributed by atoms with E-state index in [0.717, 1.165) is 17.5 Å². The average molecular weight is 255 g/mol. The fraction of sp³-hybridized carbons (Fsp3) is 0.294. The highest BCUT2D eigenvalue weighted by Gasteiger charge is 2.14. The first kappa shape index (κ1) is 12.4. The molecule has 0 saturated heterocycles. The molecule has 1 atom stereocenters. The van der Waals surface area contributed by atoms with E-state index in [-0.39, 0.29) is 11.9 Å². The van der Waals surface area contributed by atoms with Crippen LogP contribution in [0.4, 0.5) is 4.39 Å². The molecule has 2 aromatic carbocycles. The fourth-order valence-corrected chi connectivity index (χ4v) is 2.84. The van der Waals surface area contributed by atoms with Crippen molar-refractivity contribution in [2.75, 3.05) is 0 Å². The minimum atomic E-state index is -0.247. The van der Waals surface area contributed by atoms with Crippen molar-refractivity contribution < 1.29 is 4.39 Å². The molecule has 1 aliphatic carbocycles. The molecule has 0 bridgehead atoms. The van der Waals surface area contributed by atoms with Gasteiger partial charge in [0.2, 0.25) is 0 Å². The first-order valence-electron chi connectivity index (χ1n) is 6.87. The van der Waals surface area contributed by atoms with Crippen LogP contribution < -0.4 is 5.73 Å². The summed E-state index contributed by atoms with van der Waals surface area (Å²) in [5, 5.41) is 0. The van der Waals surface area contributed by atoms with Crippen LogP contribution in [-0.2, 0) is 12.8 Å². The van der Waals surface area contributed by atoms with Gasteiger partial charge < -0.3 is 5.73 Å². The van der Waals surface area contributed by atoms with E-state index in [1.165, 1.54) is 42.5 Å². The zero-order valence-corrected chi connectivity index (χ0v) is 10.9. The Balaban J connectivity index is 1.93. The third kappa shape index (κ3) is 2.54. The molecule has 2 heteroatoms. The number of hydrogen-bond donors (Lipinski definition) is 1. The zero-order valence-electron chi connectivity index (χ0n) is 10.9. The normalized spacial score (nSPS) is 15.9. The van der Waals surface area contributed by atoms with Crippen LogP contribution in [0.1, 0.15) is 41.1 Å². The number of benzene rings is 2. The first-order chi connectivity index (χ1) is 9.24. The summed E-state index contributed by atoms with van der Waals surface area (Å²) in [6, 6.07) is 12.8. The van der Waals surface area contributed by atoms with Gasteiger partial charge in [-0.25, -0.2) is 4.39 Å². The molecule has 98 valence electrons. The van der Waals surface area contributed by atoms with Crippen LogP contribution in [0.5, 0.6) is 0 Å².